The van der Waals surface area contributed by atoms with E-state index in [-0.39, 0.29) is 0 Å². The molecule has 0 saturated carbocycles. The SMILES string of the molecule is CCC(CC)CC(NC)c1cccc(C)c1Br. The Labute approximate surface area is 114 Å². The Balaban J connectivity index is 2.89. The van der Waals surface area contributed by atoms with Gasteiger partial charge in [0.15, 0.2) is 0 Å². The largest absolute Gasteiger partial charge is 0.313 e. The van der Waals surface area contributed by atoms with Crippen LogP contribution in [0, 0.1) is 12.8 Å². The lowest BCUT2D eigenvalue weighted by Crippen LogP contribution is -2.20. The Kier molecular flexibility index (Phi) is 6.21. The summed E-state index contributed by atoms with van der Waals surface area (Å²) in [6.45, 7) is 6.72. The van der Waals surface area contributed by atoms with Gasteiger partial charge in [0.25, 0.3) is 0 Å². The van der Waals surface area contributed by atoms with Crippen molar-refractivity contribution in [3.05, 3.63) is 33.8 Å². The highest BCUT2D eigenvalue weighted by molar-refractivity contribution is 9.10. The molecule has 1 atom stereocenters. The molecule has 1 aromatic carbocycles. The van der Waals surface area contributed by atoms with E-state index in [2.05, 4.69) is 67.3 Å². The van der Waals surface area contributed by atoms with Crippen LogP contribution >= 0.6 is 15.9 Å². The molecule has 1 nitrogen and oxygen atoms in total. The summed E-state index contributed by atoms with van der Waals surface area (Å²) in [5.41, 5.74) is 2.70. The molecule has 0 heterocycles. The third-order valence-electron chi connectivity index (χ3n) is 3.67. The molecule has 1 aromatic rings. The molecule has 0 aliphatic heterocycles. The van der Waals surface area contributed by atoms with Gasteiger partial charge in [0, 0.05) is 10.5 Å². The third-order valence-corrected chi connectivity index (χ3v) is 4.75. The van der Waals surface area contributed by atoms with Gasteiger partial charge in [0.05, 0.1) is 0 Å². The molecule has 17 heavy (non-hydrogen) atoms. The second-order valence-electron chi connectivity index (χ2n) is 4.74. The van der Waals surface area contributed by atoms with Crippen molar-refractivity contribution in [1.82, 2.24) is 5.32 Å². The lowest BCUT2D eigenvalue weighted by atomic mass is 9.91. The van der Waals surface area contributed by atoms with Crippen LogP contribution in [0.4, 0.5) is 0 Å². The van der Waals surface area contributed by atoms with Gasteiger partial charge in [-0.15, -0.1) is 0 Å². The van der Waals surface area contributed by atoms with E-state index in [4.69, 9.17) is 0 Å². The highest BCUT2D eigenvalue weighted by Crippen LogP contribution is 2.31. The van der Waals surface area contributed by atoms with Crippen molar-refractivity contribution in [3.8, 4) is 0 Å². The highest BCUT2D eigenvalue weighted by atomic mass is 79.9. The van der Waals surface area contributed by atoms with Crippen LogP contribution in [-0.4, -0.2) is 7.05 Å². The van der Waals surface area contributed by atoms with E-state index in [1.54, 1.807) is 0 Å². The number of hydrogen-bond acceptors (Lipinski definition) is 1. The standard InChI is InChI=1S/C15H24BrN/c1-5-12(6-2)10-14(17-4)13-9-7-8-11(3)15(13)16/h7-9,12,14,17H,5-6,10H2,1-4H3. The second-order valence-corrected chi connectivity index (χ2v) is 5.53. The smallest absolute Gasteiger partial charge is 0.0331 e. The molecule has 1 unspecified atom stereocenters. The minimum absolute atomic E-state index is 0.453. The number of benzene rings is 1. The summed E-state index contributed by atoms with van der Waals surface area (Å²) in [5, 5.41) is 3.46. The van der Waals surface area contributed by atoms with Crippen LogP contribution in [0.15, 0.2) is 22.7 Å². The molecule has 1 rings (SSSR count). The van der Waals surface area contributed by atoms with Gasteiger partial charge < -0.3 is 5.32 Å². The van der Waals surface area contributed by atoms with Gasteiger partial charge in [-0.05, 0) is 37.4 Å². The lowest BCUT2D eigenvalue weighted by Gasteiger charge is -2.23. The first-order valence-corrected chi connectivity index (χ1v) is 7.35. The van der Waals surface area contributed by atoms with Gasteiger partial charge in [0.1, 0.15) is 0 Å². The van der Waals surface area contributed by atoms with Gasteiger partial charge in [-0.3, -0.25) is 0 Å². The number of aryl methyl sites for hydroxylation is 1. The van der Waals surface area contributed by atoms with Crippen molar-refractivity contribution in [2.75, 3.05) is 7.05 Å². The summed E-state index contributed by atoms with van der Waals surface area (Å²) in [6.07, 6.45) is 3.74. The zero-order valence-corrected chi connectivity index (χ0v) is 13.0. The number of rotatable bonds is 6. The maximum Gasteiger partial charge on any atom is 0.0331 e. The average molecular weight is 298 g/mol. The van der Waals surface area contributed by atoms with Crippen molar-refractivity contribution >= 4 is 15.9 Å². The van der Waals surface area contributed by atoms with E-state index in [9.17, 15) is 0 Å². The summed E-state index contributed by atoms with van der Waals surface area (Å²) in [7, 11) is 2.06. The Hall–Kier alpha value is -0.340. The molecular weight excluding hydrogens is 274 g/mol. The Morgan fingerprint density at radius 2 is 1.88 bits per heavy atom. The quantitative estimate of drug-likeness (QED) is 0.792. The third kappa shape index (κ3) is 3.82. The van der Waals surface area contributed by atoms with E-state index in [1.807, 2.05) is 0 Å². The van der Waals surface area contributed by atoms with Gasteiger partial charge in [-0.25, -0.2) is 0 Å². The predicted molar refractivity (Wildman–Crippen MR) is 79.4 cm³/mol. The van der Waals surface area contributed by atoms with Crippen molar-refractivity contribution in [3.63, 3.8) is 0 Å². The molecule has 0 aliphatic carbocycles. The van der Waals surface area contributed by atoms with Crippen LogP contribution in [-0.2, 0) is 0 Å². The lowest BCUT2D eigenvalue weighted by molar-refractivity contribution is 0.384. The van der Waals surface area contributed by atoms with E-state index in [1.165, 1.54) is 34.9 Å². The van der Waals surface area contributed by atoms with E-state index >= 15 is 0 Å². The molecule has 0 amide bonds. The number of nitrogens with one attached hydrogen (secondary N) is 1. The first-order valence-electron chi connectivity index (χ1n) is 6.56. The summed E-state index contributed by atoms with van der Waals surface area (Å²) >= 11 is 3.72. The van der Waals surface area contributed by atoms with Crippen molar-refractivity contribution in [1.29, 1.82) is 0 Å². The first kappa shape index (κ1) is 14.7. The topological polar surface area (TPSA) is 12.0 Å². The maximum absolute atomic E-state index is 3.72. The normalized spacial score (nSPS) is 13.1. The molecule has 0 aliphatic rings. The molecule has 1 N–H and O–H groups in total. The van der Waals surface area contributed by atoms with Crippen LogP contribution in [0.5, 0.6) is 0 Å². The molecule has 0 fully saturated rings. The predicted octanol–water partition coefficient (Wildman–Crippen LogP) is 4.84. The monoisotopic (exact) mass is 297 g/mol. The van der Waals surface area contributed by atoms with Gasteiger partial charge in [-0.1, -0.05) is 60.8 Å². The van der Waals surface area contributed by atoms with E-state index in [0.717, 1.165) is 5.92 Å². The van der Waals surface area contributed by atoms with Crippen LogP contribution in [0.3, 0.4) is 0 Å². The minimum atomic E-state index is 0.453. The van der Waals surface area contributed by atoms with Crippen LogP contribution in [0.2, 0.25) is 0 Å². The Morgan fingerprint density at radius 3 is 2.41 bits per heavy atom. The zero-order chi connectivity index (χ0) is 12.8. The zero-order valence-electron chi connectivity index (χ0n) is 11.4. The minimum Gasteiger partial charge on any atom is -0.313 e. The van der Waals surface area contributed by atoms with Gasteiger partial charge in [0.2, 0.25) is 0 Å². The molecule has 0 saturated heterocycles. The van der Waals surface area contributed by atoms with Crippen LogP contribution in [0.1, 0.15) is 50.3 Å². The fourth-order valence-electron chi connectivity index (χ4n) is 2.29. The molecular formula is C15H24BrN. The van der Waals surface area contributed by atoms with Crippen molar-refractivity contribution in [2.24, 2.45) is 5.92 Å². The Bertz CT molecular complexity index is 345. The molecule has 0 bridgehead atoms. The van der Waals surface area contributed by atoms with Crippen LogP contribution in [0.25, 0.3) is 0 Å². The van der Waals surface area contributed by atoms with Gasteiger partial charge in [-0.2, -0.15) is 0 Å². The van der Waals surface area contributed by atoms with Crippen molar-refractivity contribution in [2.45, 2.75) is 46.1 Å². The molecule has 96 valence electrons. The summed E-state index contributed by atoms with van der Waals surface area (Å²) in [4.78, 5) is 0. The van der Waals surface area contributed by atoms with Gasteiger partial charge >= 0.3 is 0 Å². The fraction of sp³-hybridized carbons (Fsp3) is 0.600. The second kappa shape index (κ2) is 7.17. The fourth-order valence-corrected chi connectivity index (χ4v) is 2.84. The molecule has 0 aromatic heterocycles. The summed E-state index contributed by atoms with van der Waals surface area (Å²) in [6, 6.07) is 6.97. The highest BCUT2D eigenvalue weighted by Gasteiger charge is 2.17. The molecule has 0 radical (unpaired) electrons. The molecule has 2 heteroatoms. The molecule has 0 spiro atoms. The number of hydrogen-bond donors (Lipinski definition) is 1. The van der Waals surface area contributed by atoms with Crippen molar-refractivity contribution < 1.29 is 0 Å². The van der Waals surface area contributed by atoms with Crippen LogP contribution < -0.4 is 5.32 Å². The summed E-state index contributed by atoms with van der Waals surface area (Å²) < 4.78 is 1.25. The summed E-state index contributed by atoms with van der Waals surface area (Å²) in [5.74, 6) is 0.805. The van der Waals surface area contributed by atoms with E-state index in [0.29, 0.717) is 6.04 Å². The van der Waals surface area contributed by atoms with E-state index < -0.39 is 0 Å². The average Bonchev–Trinajstić information content (AvgIpc) is 2.35. The number of halogens is 1. The Morgan fingerprint density at radius 1 is 1.24 bits per heavy atom. The maximum atomic E-state index is 3.72. The first-order chi connectivity index (χ1) is 8.13.